The maximum atomic E-state index is 14.1. The summed E-state index contributed by atoms with van der Waals surface area (Å²) in [4.78, 5) is 50.6. The molecule has 3 fully saturated rings. The Labute approximate surface area is 240 Å². The predicted molar refractivity (Wildman–Crippen MR) is 157 cm³/mol. The molecule has 222 valence electrons. The molecule has 5 atom stereocenters. The summed E-state index contributed by atoms with van der Waals surface area (Å²) in [6.07, 6.45) is 12.9. The van der Waals surface area contributed by atoms with Crippen LogP contribution in [0.25, 0.3) is 11.0 Å². The summed E-state index contributed by atoms with van der Waals surface area (Å²) >= 11 is 0. The number of nitrogens with zero attached hydrogens (tertiary/aromatic N) is 4. The number of carboxylic acid groups (broad SMARTS) is 1. The van der Waals surface area contributed by atoms with Crippen molar-refractivity contribution in [3.63, 3.8) is 0 Å². The van der Waals surface area contributed by atoms with Gasteiger partial charge in [0.1, 0.15) is 0 Å². The van der Waals surface area contributed by atoms with Gasteiger partial charge in [0, 0.05) is 24.2 Å². The van der Waals surface area contributed by atoms with E-state index in [2.05, 4.69) is 22.0 Å². The van der Waals surface area contributed by atoms with E-state index in [1.807, 2.05) is 18.2 Å². The SMILES string of the molecule is CCCC1CCC[C@H](N2[C@@H]3CCC[C@H]2CC(n2c(=O)c(/C(=N/OC(C)(C)C(=O)O)C(N)=O)nc4ccccc42)C3)C1. The van der Waals surface area contributed by atoms with Crippen LogP contribution in [0.1, 0.15) is 103 Å². The van der Waals surface area contributed by atoms with Crippen molar-refractivity contribution in [1.82, 2.24) is 14.5 Å². The minimum absolute atomic E-state index is 0.0683. The molecule has 1 amide bonds. The molecule has 0 spiro atoms. The minimum atomic E-state index is -1.73. The second-order valence-corrected chi connectivity index (χ2v) is 12.6. The number of aliphatic carboxylic acids is 1. The number of oxime groups is 1. The maximum absolute atomic E-state index is 14.1. The topological polar surface area (TPSA) is 140 Å². The number of rotatable bonds is 9. The van der Waals surface area contributed by atoms with Crippen LogP contribution >= 0.6 is 0 Å². The minimum Gasteiger partial charge on any atom is -0.478 e. The first-order chi connectivity index (χ1) is 19.6. The van der Waals surface area contributed by atoms with Crippen molar-refractivity contribution < 1.29 is 19.5 Å². The lowest BCUT2D eigenvalue weighted by molar-refractivity contribution is -0.161. The molecular formula is C31H43N5O5. The lowest BCUT2D eigenvalue weighted by Crippen LogP contribution is -2.58. The number of hydrogen-bond acceptors (Lipinski definition) is 7. The number of carbonyl (C=O) groups excluding carboxylic acids is 1. The molecule has 5 rings (SSSR count). The molecule has 1 saturated carbocycles. The Morgan fingerprint density at radius 2 is 1.68 bits per heavy atom. The zero-order chi connectivity index (χ0) is 29.3. The van der Waals surface area contributed by atoms with Crippen LogP contribution in [0, 0.1) is 5.92 Å². The van der Waals surface area contributed by atoms with E-state index >= 15 is 0 Å². The Bertz CT molecular complexity index is 1370. The number of aromatic nitrogens is 2. The first-order valence-corrected chi connectivity index (χ1v) is 15.2. The van der Waals surface area contributed by atoms with Gasteiger partial charge in [-0.1, -0.05) is 56.3 Å². The number of nitrogens with two attached hydrogens (primary N) is 1. The highest BCUT2D eigenvalue weighted by atomic mass is 16.7. The number of benzene rings is 1. The maximum Gasteiger partial charge on any atom is 0.350 e. The molecule has 1 aromatic heterocycles. The van der Waals surface area contributed by atoms with E-state index in [-0.39, 0.29) is 11.7 Å². The molecule has 1 aromatic carbocycles. The van der Waals surface area contributed by atoms with E-state index in [4.69, 9.17) is 10.6 Å². The fraction of sp³-hybridized carbons (Fsp3) is 0.645. The standard InChI is InChI=1S/C31H43N5O5/c1-4-9-19-10-7-11-20(16-19)35-21-12-8-13-22(35)18-23(17-21)36-25-15-6-5-14-24(25)33-27(29(36)38)26(28(32)37)34-41-31(2,3)30(39)40/h5-6,14-15,19-23H,4,7-13,16-18H2,1-3H3,(H2,32,37)(H,39,40)/b34-26-/t19?,20-,21-,22+,23?/m0/s1. The number of carboxylic acids is 1. The van der Waals surface area contributed by atoms with Crippen LogP contribution in [0.5, 0.6) is 0 Å². The monoisotopic (exact) mass is 565 g/mol. The molecule has 1 aliphatic carbocycles. The quantitative estimate of drug-likeness (QED) is 0.340. The van der Waals surface area contributed by atoms with Crippen molar-refractivity contribution in [2.24, 2.45) is 16.8 Å². The van der Waals surface area contributed by atoms with Gasteiger partial charge in [0.25, 0.3) is 11.5 Å². The van der Waals surface area contributed by atoms with Gasteiger partial charge in [-0.05, 0) is 70.4 Å². The first-order valence-electron chi connectivity index (χ1n) is 15.2. The second-order valence-electron chi connectivity index (χ2n) is 12.6. The van der Waals surface area contributed by atoms with E-state index in [1.54, 1.807) is 10.6 Å². The van der Waals surface area contributed by atoms with Gasteiger partial charge in [-0.25, -0.2) is 9.78 Å². The Morgan fingerprint density at radius 1 is 1.05 bits per heavy atom. The van der Waals surface area contributed by atoms with Gasteiger partial charge in [-0.15, -0.1) is 0 Å². The van der Waals surface area contributed by atoms with Gasteiger partial charge in [-0.2, -0.15) is 0 Å². The van der Waals surface area contributed by atoms with Crippen LogP contribution in [0.4, 0.5) is 0 Å². The molecule has 41 heavy (non-hydrogen) atoms. The van der Waals surface area contributed by atoms with Gasteiger partial charge in [0.05, 0.1) is 11.0 Å². The Morgan fingerprint density at radius 3 is 2.32 bits per heavy atom. The van der Waals surface area contributed by atoms with Crippen molar-refractivity contribution in [2.45, 2.75) is 121 Å². The van der Waals surface area contributed by atoms with Gasteiger partial charge in [-0.3, -0.25) is 14.5 Å². The molecule has 3 aliphatic rings. The molecule has 2 bridgehead atoms. The van der Waals surface area contributed by atoms with Crippen molar-refractivity contribution in [3.8, 4) is 0 Å². The zero-order valence-corrected chi connectivity index (χ0v) is 24.4. The Kier molecular flexibility index (Phi) is 8.50. The van der Waals surface area contributed by atoms with Gasteiger partial charge < -0.3 is 20.2 Å². The van der Waals surface area contributed by atoms with Crippen LogP contribution < -0.4 is 11.3 Å². The Hall–Kier alpha value is -3.27. The third-order valence-corrected chi connectivity index (χ3v) is 9.38. The average molecular weight is 566 g/mol. The number of fused-ring (bicyclic) bond motifs is 3. The summed E-state index contributed by atoms with van der Waals surface area (Å²) in [5, 5.41) is 13.2. The lowest BCUT2D eigenvalue weighted by atomic mass is 9.76. The number of hydrogen-bond donors (Lipinski definition) is 2. The summed E-state index contributed by atoms with van der Waals surface area (Å²) in [6.45, 7) is 4.88. The van der Waals surface area contributed by atoms with E-state index in [9.17, 15) is 19.5 Å². The smallest absolute Gasteiger partial charge is 0.350 e. The van der Waals surface area contributed by atoms with Gasteiger partial charge >= 0.3 is 5.97 Å². The van der Waals surface area contributed by atoms with Gasteiger partial charge in [0.2, 0.25) is 5.60 Å². The van der Waals surface area contributed by atoms with Crippen LogP contribution in [-0.4, -0.2) is 60.9 Å². The first kappa shape index (κ1) is 29.2. The molecule has 10 heteroatoms. The predicted octanol–water partition coefficient (Wildman–Crippen LogP) is 4.38. The van der Waals surface area contributed by atoms with E-state index in [1.165, 1.54) is 58.8 Å². The second kappa shape index (κ2) is 11.9. The molecular weight excluding hydrogens is 522 g/mol. The highest BCUT2D eigenvalue weighted by molar-refractivity contribution is 6.44. The molecule has 3 heterocycles. The van der Waals surface area contributed by atoms with E-state index in [0.29, 0.717) is 29.2 Å². The summed E-state index contributed by atoms with van der Waals surface area (Å²) < 4.78 is 1.78. The largest absolute Gasteiger partial charge is 0.478 e. The lowest BCUT2D eigenvalue weighted by Gasteiger charge is -2.54. The number of carbonyl (C=O) groups is 2. The molecule has 2 unspecified atom stereocenters. The van der Waals surface area contributed by atoms with Gasteiger partial charge in [0.15, 0.2) is 11.4 Å². The normalized spacial score (nSPS) is 27.5. The van der Waals surface area contributed by atoms with Crippen LogP contribution in [0.2, 0.25) is 0 Å². The third kappa shape index (κ3) is 5.89. The summed E-state index contributed by atoms with van der Waals surface area (Å²) in [5.74, 6) is -1.47. The molecule has 3 N–H and O–H groups in total. The fourth-order valence-electron chi connectivity index (χ4n) is 7.47. The number of amides is 1. The summed E-state index contributed by atoms with van der Waals surface area (Å²) in [6, 6.07) is 8.74. The number of para-hydroxylation sites is 2. The fourth-order valence-corrected chi connectivity index (χ4v) is 7.47. The molecule has 10 nitrogen and oxygen atoms in total. The van der Waals surface area contributed by atoms with E-state index in [0.717, 1.165) is 31.6 Å². The van der Waals surface area contributed by atoms with Crippen molar-refractivity contribution >= 4 is 28.6 Å². The van der Waals surface area contributed by atoms with Crippen LogP contribution in [0.15, 0.2) is 34.2 Å². The average Bonchev–Trinajstić information content (AvgIpc) is 2.93. The summed E-state index contributed by atoms with van der Waals surface area (Å²) in [7, 11) is 0. The highest BCUT2D eigenvalue weighted by Gasteiger charge is 2.44. The Balaban J connectivity index is 1.52. The van der Waals surface area contributed by atoms with Crippen molar-refractivity contribution in [2.75, 3.05) is 0 Å². The third-order valence-electron chi connectivity index (χ3n) is 9.38. The highest BCUT2D eigenvalue weighted by Crippen LogP contribution is 2.44. The van der Waals surface area contributed by atoms with Crippen LogP contribution in [0.3, 0.4) is 0 Å². The zero-order valence-electron chi connectivity index (χ0n) is 24.4. The summed E-state index contributed by atoms with van der Waals surface area (Å²) in [5.41, 5.74) is 3.98. The van der Waals surface area contributed by atoms with E-state index < -0.39 is 28.7 Å². The molecule has 2 aromatic rings. The number of piperidine rings is 2. The van der Waals surface area contributed by atoms with Crippen molar-refractivity contribution in [3.05, 3.63) is 40.3 Å². The van der Waals surface area contributed by atoms with Crippen LogP contribution in [-0.2, 0) is 14.4 Å². The molecule has 2 saturated heterocycles. The molecule has 0 radical (unpaired) electrons. The number of primary amides is 1. The van der Waals surface area contributed by atoms with Crippen molar-refractivity contribution in [1.29, 1.82) is 0 Å². The molecule has 2 aliphatic heterocycles.